The topological polar surface area (TPSA) is 66.0 Å². The Labute approximate surface area is 159 Å². The molecule has 0 aliphatic heterocycles. The van der Waals surface area contributed by atoms with Crippen LogP contribution in [0.25, 0.3) is 17.1 Å². The maximum atomic E-state index is 13.3. The van der Waals surface area contributed by atoms with Crippen LogP contribution in [-0.2, 0) is 5.75 Å². The Hall–Kier alpha value is -3.13. The molecule has 4 rings (SSSR count). The Balaban J connectivity index is 1.45. The van der Waals surface area contributed by atoms with Crippen LogP contribution in [0.3, 0.4) is 0 Å². The van der Waals surface area contributed by atoms with Gasteiger partial charge in [-0.25, -0.2) is 9.07 Å². The van der Waals surface area contributed by atoms with Gasteiger partial charge in [0, 0.05) is 11.9 Å². The zero-order chi connectivity index (χ0) is 18.6. The van der Waals surface area contributed by atoms with E-state index >= 15 is 0 Å². The van der Waals surface area contributed by atoms with Crippen LogP contribution in [0.15, 0.2) is 70.4 Å². The van der Waals surface area contributed by atoms with Gasteiger partial charge in [0.25, 0.3) is 11.1 Å². The quantitative estimate of drug-likeness (QED) is 0.462. The van der Waals surface area contributed by atoms with Crippen LogP contribution < -0.4 is 4.74 Å². The molecular formula is C19H15FN4O2S. The highest BCUT2D eigenvalue weighted by Gasteiger charge is 2.14. The summed E-state index contributed by atoms with van der Waals surface area (Å²) in [6.45, 7) is 0. The normalized spacial score (nSPS) is 10.9. The second-order valence-electron chi connectivity index (χ2n) is 5.59. The molecule has 0 N–H and O–H groups in total. The summed E-state index contributed by atoms with van der Waals surface area (Å²) in [6, 6.07) is 15.6. The molecule has 2 aromatic heterocycles. The zero-order valence-electron chi connectivity index (χ0n) is 14.4. The first-order valence-corrected chi connectivity index (χ1v) is 9.11. The SMILES string of the molecule is COc1ccccc1-c1nnc(SCc2ccn(-c3cccc(F)c3)n2)o1. The van der Waals surface area contributed by atoms with E-state index in [-0.39, 0.29) is 5.82 Å². The van der Waals surface area contributed by atoms with E-state index in [9.17, 15) is 4.39 Å². The maximum Gasteiger partial charge on any atom is 0.277 e. The molecular weight excluding hydrogens is 367 g/mol. The van der Waals surface area contributed by atoms with Gasteiger partial charge in [0.15, 0.2) is 0 Å². The van der Waals surface area contributed by atoms with Crippen LogP contribution in [0.5, 0.6) is 5.75 Å². The predicted molar refractivity (Wildman–Crippen MR) is 99.4 cm³/mol. The summed E-state index contributed by atoms with van der Waals surface area (Å²) in [5.41, 5.74) is 2.23. The molecule has 0 saturated carbocycles. The van der Waals surface area contributed by atoms with Crippen molar-refractivity contribution in [1.29, 1.82) is 0 Å². The minimum atomic E-state index is -0.298. The molecule has 2 heterocycles. The molecule has 2 aromatic carbocycles. The van der Waals surface area contributed by atoms with Crippen molar-refractivity contribution in [3.05, 3.63) is 72.3 Å². The van der Waals surface area contributed by atoms with E-state index in [1.807, 2.05) is 30.3 Å². The number of hydrogen-bond acceptors (Lipinski definition) is 6. The number of halogens is 1. The minimum Gasteiger partial charge on any atom is -0.496 e. The lowest BCUT2D eigenvalue weighted by Gasteiger charge is -2.03. The number of methoxy groups -OCH3 is 1. The second kappa shape index (κ2) is 7.63. The van der Waals surface area contributed by atoms with Crippen molar-refractivity contribution in [2.24, 2.45) is 0 Å². The van der Waals surface area contributed by atoms with Gasteiger partial charge in [0.05, 0.1) is 24.1 Å². The first-order chi connectivity index (χ1) is 13.2. The van der Waals surface area contributed by atoms with Crippen molar-refractivity contribution >= 4 is 11.8 Å². The van der Waals surface area contributed by atoms with E-state index in [0.717, 1.165) is 11.3 Å². The summed E-state index contributed by atoms with van der Waals surface area (Å²) < 4.78 is 26.0. The Kier molecular flexibility index (Phi) is 4.88. The van der Waals surface area contributed by atoms with Crippen LogP contribution in [0.4, 0.5) is 4.39 Å². The maximum absolute atomic E-state index is 13.3. The van der Waals surface area contributed by atoms with Crippen molar-refractivity contribution in [1.82, 2.24) is 20.0 Å². The molecule has 0 amide bonds. The van der Waals surface area contributed by atoms with Crippen molar-refractivity contribution in [3.8, 4) is 22.9 Å². The summed E-state index contributed by atoms with van der Waals surface area (Å²) >= 11 is 1.38. The smallest absolute Gasteiger partial charge is 0.277 e. The number of thioether (sulfide) groups is 1. The third-order valence-corrected chi connectivity index (χ3v) is 4.66. The second-order valence-corrected chi connectivity index (χ2v) is 6.52. The summed E-state index contributed by atoms with van der Waals surface area (Å²) in [6.07, 6.45) is 1.79. The number of para-hydroxylation sites is 1. The Morgan fingerprint density at radius 2 is 2.00 bits per heavy atom. The Morgan fingerprint density at radius 3 is 2.85 bits per heavy atom. The lowest BCUT2D eigenvalue weighted by Crippen LogP contribution is -1.96. The predicted octanol–water partition coefficient (Wildman–Crippen LogP) is 4.36. The highest BCUT2D eigenvalue weighted by atomic mass is 32.2. The van der Waals surface area contributed by atoms with Gasteiger partial charge in [-0.05, 0) is 36.4 Å². The van der Waals surface area contributed by atoms with Gasteiger partial charge in [-0.3, -0.25) is 0 Å². The van der Waals surface area contributed by atoms with E-state index < -0.39 is 0 Å². The number of rotatable bonds is 6. The van der Waals surface area contributed by atoms with Crippen LogP contribution >= 0.6 is 11.8 Å². The highest BCUT2D eigenvalue weighted by molar-refractivity contribution is 7.98. The van der Waals surface area contributed by atoms with Crippen LogP contribution in [0.2, 0.25) is 0 Å². The number of nitrogens with zero attached hydrogens (tertiary/aromatic N) is 4. The molecule has 0 saturated heterocycles. The van der Waals surface area contributed by atoms with E-state index in [4.69, 9.17) is 9.15 Å². The number of aromatic nitrogens is 4. The molecule has 0 radical (unpaired) electrons. The summed E-state index contributed by atoms with van der Waals surface area (Å²) in [4.78, 5) is 0. The molecule has 0 spiro atoms. The molecule has 6 nitrogen and oxygen atoms in total. The van der Waals surface area contributed by atoms with E-state index in [2.05, 4.69) is 15.3 Å². The molecule has 136 valence electrons. The zero-order valence-corrected chi connectivity index (χ0v) is 15.2. The van der Waals surface area contributed by atoms with Crippen LogP contribution in [0.1, 0.15) is 5.69 Å². The van der Waals surface area contributed by atoms with Crippen LogP contribution in [0, 0.1) is 5.82 Å². The molecule has 8 heteroatoms. The highest BCUT2D eigenvalue weighted by Crippen LogP contribution is 2.31. The molecule has 0 unspecified atom stereocenters. The number of hydrogen-bond donors (Lipinski definition) is 0. The van der Waals surface area contributed by atoms with E-state index in [0.29, 0.717) is 28.3 Å². The molecule has 0 aliphatic carbocycles. The third-order valence-electron chi connectivity index (χ3n) is 3.80. The van der Waals surface area contributed by atoms with Gasteiger partial charge < -0.3 is 9.15 Å². The van der Waals surface area contributed by atoms with Crippen molar-refractivity contribution in [2.75, 3.05) is 7.11 Å². The van der Waals surface area contributed by atoms with Gasteiger partial charge in [-0.2, -0.15) is 5.10 Å². The Bertz CT molecular complexity index is 1060. The third kappa shape index (κ3) is 3.85. The van der Waals surface area contributed by atoms with Crippen molar-refractivity contribution in [2.45, 2.75) is 11.0 Å². The van der Waals surface area contributed by atoms with Gasteiger partial charge in [-0.1, -0.05) is 30.0 Å². The summed E-state index contributed by atoms with van der Waals surface area (Å²) in [5, 5.41) is 13.0. The monoisotopic (exact) mass is 382 g/mol. The summed E-state index contributed by atoms with van der Waals surface area (Å²) in [5.74, 6) is 1.33. The van der Waals surface area contributed by atoms with Gasteiger partial charge in [0.1, 0.15) is 11.6 Å². The molecule has 27 heavy (non-hydrogen) atoms. The molecule has 4 aromatic rings. The summed E-state index contributed by atoms with van der Waals surface area (Å²) in [7, 11) is 1.60. The standard InChI is InChI=1S/C19H15FN4O2S/c1-25-17-8-3-2-7-16(17)18-21-22-19(26-18)27-12-14-9-10-24(23-14)15-6-4-5-13(20)11-15/h2-11H,12H2,1H3. The number of ether oxygens (including phenoxy) is 1. The van der Waals surface area contributed by atoms with E-state index in [1.54, 1.807) is 30.1 Å². The van der Waals surface area contributed by atoms with Crippen molar-refractivity contribution in [3.63, 3.8) is 0 Å². The average Bonchev–Trinajstić information content (AvgIpc) is 3.36. The first-order valence-electron chi connectivity index (χ1n) is 8.13. The molecule has 0 bridgehead atoms. The van der Waals surface area contributed by atoms with Gasteiger partial charge >= 0.3 is 0 Å². The van der Waals surface area contributed by atoms with Crippen molar-refractivity contribution < 1.29 is 13.5 Å². The fourth-order valence-corrected chi connectivity index (χ4v) is 3.20. The fraction of sp³-hybridized carbons (Fsp3) is 0.105. The Morgan fingerprint density at radius 1 is 1.11 bits per heavy atom. The minimum absolute atomic E-state index is 0.298. The fourth-order valence-electron chi connectivity index (χ4n) is 2.54. The van der Waals surface area contributed by atoms with E-state index in [1.165, 1.54) is 23.9 Å². The lowest BCUT2D eigenvalue weighted by atomic mass is 10.2. The van der Waals surface area contributed by atoms with Gasteiger partial charge in [0.2, 0.25) is 0 Å². The largest absolute Gasteiger partial charge is 0.496 e. The molecule has 0 atom stereocenters. The number of benzene rings is 2. The molecule has 0 fully saturated rings. The molecule has 0 aliphatic rings. The van der Waals surface area contributed by atoms with Crippen LogP contribution in [-0.4, -0.2) is 27.1 Å². The first kappa shape index (κ1) is 17.3. The van der Waals surface area contributed by atoms with Gasteiger partial charge in [-0.15, -0.1) is 10.2 Å². The lowest BCUT2D eigenvalue weighted by molar-refractivity contribution is 0.411. The average molecular weight is 382 g/mol.